The van der Waals surface area contributed by atoms with Gasteiger partial charge in [0.15, 0.2) is 9.84 Å². The van der Waals surface area contributed by atoms with Gasteiger partial charge in [-0.25, -0.2) is 13.4 Å². The van der Waals surface area contributed by atoms with Crippen molar-refractivity contribution < 1.29 is 8.42 Å². The fourth-order valence-electron chi connectivity index (χ4n) is 2.78. The summed E-state index contributed by atoms with van der Waals surface area (Å²) in [4.78, 5) is 4.83. The Morgan fingerprint density at radius 3 is 2.70 bits per heavy atom. The van der Waals surface area contributed by atoms with Gasteiger partial charge in [0.05, 0.1) is 10.6 Å². The Hall–Kier alpha value is -1.66. The van der Waals surface area contributed by atoms with Crippen molar-refractivity contribution in [3.63, 3.8) is 0 Å². The van der Waals surface area contributed by atoms with Crippen LogP contribution in [0.2, 0.25) is 0 Å². The molecule has 0 radical (unpaired) electrons. The predicted octanol–water partition coefficient (Wildman–Crippen LogP) is 4.10. The number of hydrogen-bond acceptors (Lipinski definition) is 3. The first kappa shape index (κ1) is 16.2. The van der Waals surface area contributed by atoms with E-state index in [1.165, 1.54) is 0 Å². The van der Waals surface area contributed by atoms with Gasteiger partial charge in [0.1, 0.15) is 5.65 Å². The third-order valence-corrected chi connectivity index (χ3v) is 6.31. The molecule has 4 nitrogen and oxygen atoms in total. The molecular weight excluding hydrogens is 376 g/mol. The standard InChI is InChI=1S/C17H17BrN2O2S/c1-4-23(21,22)14-7-5-6-12(8-14)16-11(2)20(3)17-15(16)9-13(18)10-19-17/h5-10H,4H2,1-3H3. The largest absolute Gasteiger partial charge is 0.332 e. The summed E-state index contributed by atoms with van der Waals surface area (Å²) in [6, 6.07) is 9.16. The van der Waals surface area contributed by atoms with Gasteiger partial charge in [-0.1, -0.05) is 19.1 Å². The van der Waals surface area contributed by atoms with Gasteiger partial charge >= 0.3 is 0 Å². The lowest BCUT2D eigenvalue weighted by atomic mass is 10.0. The van der Waals surface area contributed by atoms with Crippen LogP contribution in [0.1, 0.15) is 12.6 Å². The SMILES string of the molecule is CCS(=O)(=O)c1cccc(-c2c(C)n(C)c3ncc(Br)cc23)c1. The van der Waals surface area contributed by atoms with Gasteiger partial charge in [-0.2, -0.15) is 0 Å². The Kier molecular flexibility index (Phi) is 4.06. The Labute approximate surface area is 144 Å². The molecule has 0 amide bonds. The molecule has 0 aliphatic heterocycles. The average molecular weight is 393 g/mol. The molecule has 0 aliphatic rings. The number of pyridine rings is 1. The Bertz CT molecular complexity index is 1010. The smallest absolute Gasteiger partial charge is 0.178 e. The number of hydrogen-bond donors (Lipinski definition) is 0. The van der Waals surface area contributed by atoms with Crippen LogP contribution >= 0.6 is 15.9 Å². The van der Waals surface area contributed by atoms with Crippen molar-refractivity contribution in [3.05, 3.63) is 46.7 Å². The number of benzene rings is 1. The number of halogens is 1. The second kappa shape index (κ2) is 5.76. The van der Waals surface area contributed by atoms with Gasteiger partial charge < -0.3 is 4.57 Å². The van der Waals surface area contributed by atoms with Crippen LogP contribution in [0.5, 0.6) is 0 Å². The summed E-state index contributed by atoms with van der Waals surface area (Å²) in [5, 5.41) is 1.01. The van der Waals surface area contributed by atoms with E-state index in [0.717, 1.165) is 32.3 Å². The third-order valence-electron chi connectivity index (χ3n) is 4.15. The highest BCUT2D eigenvalue weighted by atomic mass is 79.9. The molecule has 0 spiro atoms. The van der Waals surface area contributed by atoms with Gasteiger partial charge in [-0.05, 0) is 46.6 Å². The predicted molar refractivity (Wildman–Crippen MR) is 96.3 cm³/mol. The Morgan fingerprint density at radius 2 is 2.00 bits per heavy atom. The molecule has 0 bridgehead atoms. The second-order valence-electron chi connectivity index (χ2n) is 5.48. The molecule has 6 heteroatoms. The summed E-state index contributed by atoms with van der Waals surface area (Å²) in [6.45, 7) is 3.68. The van der Waals surface area contributed by atoms with Crippen LogP contribution < -0.4 is 0 Å². The van der Waals surface area contributed by atoms with E-state index >= 15 is 0 Å². The zero-order chi connectivity index (χ0) is 16.8. The molecule has 1 aromatic carbocycles. The van der Waals surface area contributed by atoms with Crippen molar-refractivity contribution in [3.8, 4) is 11.1 Å². The topological polar surface area (TPSA) is 52.0 Å². The summed E-state index contributed by atoms with van der Waals surface area (Å²) < 4.78 is 27.3. The minimum atomic E-state index is -3.23. The minimum absolute atomic E-state index is 0.0953. The van der Waals surface area contributed by atoms with E-state index in [1.807, 2.05) is 30.7 Å². The fraction of sp³-hybridized carbons (Fsp3) is 0.235. The van der Waals surface area contributed by atoms with E-state index in [9.17, 15) is 8.42 Å². The van der Waals surface area contributed by atoms with E-state index in [-0.39, 0.29) is 5.75 Å². The highest BCUT2D eigenvalue weighted by Gasteiger charge is 2.18. The molecule has 3 rings (SSSR count). The molecular formula is C17H17BrN2O2S. The molecule has 2 aromatic heterocycles. The van der Waals surface area contributed by atoms with E-state index in [1.54, 1.807) is 31.3 Å². The van der Waals surface area contributed by atoms with E-state index in [4.69, 9.17) is 0 Å². The van der Waals surface area contributed by atoms with E-state index < -0.39 is 9.84 Å². The van der Waals surface area contributed by atoms with Crippen molar-refractivity contribution in [1.29, 1.82) is 0 Å². The van der Waals surface area contributed by atoms with Gasteiger partial charge in [-0.15, -0.1) is 0 Å². The zero-order valence-electron chi connectivity index (χ0n) is 13.2. The lowest BCUT2D eigenvalue weighted by Crippen LogP contribution is -2.03. The van der Waals surface area contributed by atoms with Crippen LogP contribution in [0.4, 0.5) is 0 Å². The van der Waals surface area contributed by atoms with Crippen molar-refractivity contribution in [2.75, 3.05) is 5.75 Å². The minimum Gasteiger partial charge on any atom is -0.332 e. The highest BCUT2D eigenvalue weighted by Crippen LogP contribution is 2.35. The number of rotatable bonds is 3. The maximum Gasteiger partial charge on any atom is 0.178 e. The molecule has 0 unspecified atom stereocenters. The van der Waals surface area contributed by atoms with E-state index in [2.05, 4.69) is 20.9 Å². The summed E-state index contributed by atoms with van der Waals surface area (Å²) in [5.74, 6) is 0.0953. The summed E-state index contributed by atoms with van der Waals surface area (Å²) in [5.41, 5.74) is 3.84. The maximum absolute atomic E-state index is 12.2. The van der Waals surface area contributed by atoms with Gasteiger partial charge in [-0.3, -0.25) is 0 Å². The van der Waals surface area contributed by atoms with Crippen LogP contribution in [0, 0.1) is 6.92 Å². The number of fused-ring (bicyclic) bond motifs is 1. The van der Waals surface area contributed by atoms with E-state index in [0.29, 0.717) is 4.90 Å². The molecule has 2 heterocycles. The van der Waals surface area contributed by atoms with Gasteiger partial charge in [0.25, 0.3) is 0 Å². The van der Waals surface area contributed by atoms with Crippen molar-refractivity contribution >= 4 is 36.8 Å². The molecule has 0 atom stereocenters. The summed E-state index contributed by atoms with van der Waals surface area (Å²) in [7, 11) is -1.26. The molecule has 0 aliphatic carbocycles. The lowest BCUT2D eigenvalue weighted by molar-refractivity contribution is 0.597. The average Bonchev–Trinajstić information content (AvgIpc) is 2.78. The van der Waals surface area contributed by atoms with Crippen LogP contribution in [0.3, 0.4) is 0 Å². The van der Waals surface area contributed by atoms with Gasteiger partial charge in [0.2, 0.25) is 0 Å². The fourth-order valence-corrected chi connectivity index (χ4v) is 4.04. The summed E-state index contributed by atoms with van der Waals surface area (Å²) >= 11 is 3.46. The van der Waals surface area contributed by atoms with Crippen LogP contribution in [0.15, 0.2) is 45.9 Å². The monoisotopic (exact) mass is 392 g/mol. The molecule has 0 N–H and O–H groups in total. The van der Waals surface area contributed by atoms with Crippen LogP contribution in [-0.2, 0) is 16.9 Å². The molecule has 3 aromatic rings. The number of aromatic nitrogens is 2. The number of sulfone groups is 1. The number of nitrogens with zero attached hydrogens (tertiary/aromatic N) is 2. The van der Waals surface area contributed by atoms with Crippen molar-refractivity contribution in [1.82, 2.24) is 9.55 Å². The van der Waals surface area contributed by atoms with Crippen molar-refractivity contribution in [2.24, 2.45) is 7.05 Å². The first-order chi connectivity index (χ1) is 10.8. The van der Waals surface area contributed by atoms with Crippen LogP contribution in [0.25, 0.3) is 22.2 Å². The highest BCUT2D eigenvalue weighted by molar-refractivity contribution is 9.10. The van der Waals surface area contributed by atoms with Crippen LogP contribution in [-0.4, -0.2) is 23.7 Å². The molecule has 23 heavy (non-hydrogen) atoms. The first-order valence-corrected chi connectivity index (χ1v) is 9.73. The Morgan fingerprint density at radius 1 is 1.26 bits per heavy atom. The third kappa shape index (κ3) is 2.70. The molecule has 120 valence electrons. The van der Waals surface area contributed by atoms with Gasteiger partial charge in [0, 0.05) is 34.4 Å². The Balaban J connectivity index is 2.32. The molecule has 0 fully saturated rings. The molecule has 0 saturated heterocycles. The number of aryl methyl sites for hydroxylation is 1. The summed E-state index contributed by atoms with van der Waals surface area (Å²) in [6.07, 6.45) is 1.77. The quantitative estimate of drug-likeness (QED) is 0.673. The first-order valence-electron chi connectivity index (χ1n) is 7.29. The lowest BCUT2D eigenvalue weighted by Gasteiger charge is -2.06. The van der Waals surface area contributed by atoms with Crippen molar-refractivity contribution in [2.45, 2.75) is 18.7 Å². The second-order valence-corrected chi connectivity index (χ2v) is 8.67. The maximum atomic E-state index is 12.2. The zero-order valence-corrected chi connectivity index (χ0v) is 15.6. The molecule has 0 saturated carbocycles. The normalized spacial score (nSPS) is 12.0.